The minimum absolute atomic E-state index is 0.268. The molecule has 0 fully saturated rings. The molecule has 0 unspecified atom stereocenters. The van der Waals surface area contributed by atoms with E-state index in [-0.39, 0.29) is 11.7 Å². The third-order valence-corrected chi connectivity index (χ3v) is 5.18. The van der Waals surface area contributed by atoms with Crippen molar-refractivity contribution in [2.24, 2.45) is 0 Å². The van der Waals surface area contributed by atoms with Gasteiger partial charge in [0.2, 0.25) is 0 Å². The first-order valence-electron chi connectivity index (χ1n) is 9.66. The number of aryl methyl sites for hydroxylation is 1. The van der Waals surface area contributed by atoms with Crippen LogP contribution in [0.2, 0.25) is 0 Å². The number of benzene rings is 2. The fourth-order valence-corrected chi connectivity index (χ4v) is 3.78. The second-order valence-electron chi connectivity index (χ2n) is 7.40. The minimum Gasteiger partial charge on any atom is -0.346 e. The number of hydrogen-bond acceptors (Lipinski definition) is 2. The number of nitrogens with one attached hydrogen (secondary N) is 2. The molecule has 1 amide bonds. The molecule has 0 saturated heterocycles. The van der Waals surface area contributed by atoms with Crippen molar-refractivity contribution in [3.8, 4) is 0 Å². The van der Waals surface area contributed by atoms with Gasteiger partial charge in [-0.05, 0) is 48.9 Å². The van der Waals surface area contributed by atoms with E-state index in [0.29, 0.717) is 23.4 Å². The van der Waals surface area contributed by atoms with Crippen LogP contribution in [-0.2, 0) is 6.54 Å². The zero-order valence-corrected chi connectivity index (χ0v) is 16.3. The van der Waals surface area contributed by atoms with Crippen molar-refractivity contribution in [1.82, 2.24) is 14.5 Å². The Labute approximate surface area is 172 Å². The van der Waals surface area contributed by atoms with Crippen molar-refractivity contribution < 1.29 is 9.18 Å². The molecular formula is C24H19FN4O. The van der Waals surface area contributed by atoms with E-state index < -0.39 is 0 Å². The SMILES string of the molecule is Cc1cccc(Cn2c(C(=O)Nc3cnc4[nH]ccc4c3)cc3ccc(F)cc32)c1. The number of aromatic amines is 1. The molecule has 0 radical (unpaired) electrons. The smallest absolute Gasteiger partial charge is 0.272 e. The Bertz CT molecular complexity index is 1400. The van der Waals surface area contributed by atoms with Crippen LogP contribution in [0.3, 0.4) is 0 Å². The average molecular weight is 398 g/mol. The molecular weight excluding hydrogens is 379 g/mol. The van der Waals surface area contributed by atoms with Gasteiger partial charge in [0.25, 0.3) is 5.91 Å². The molecule has 5 rings (SSSR count). The summed E-state index contributed by atoms with van der Waals surface area (Å²) in [5, 5.41) is 4.65. The Morgan fingerprint density at radius 2 is 2.00 bits per heavy atom. The fraction of sp³-hybridized carbons (Fsp3) is 0.0833. The van der Waals surface area contributed by atoms with Crippen LogP contribution in [0.25, 0.3) is 21.9 Å². The zero-order chi connectivity index (χ0) is 20.7. The highest BCUT2D eigenvalue weighted by Crippen LogP contribution is 2.24. The summed E-state index contributed by atoms with van der Waals surface area (Å²) in [6.07, 6.45) is 3.42. The number of pyridine rings is 1. The Morgan fingerprint density at radius 3 is 2.87 bits per heavy atom. The van der Waals surface area contributed by atoms with Crippen LogP contribution < -0.4 is 5.32 Å². The number of halogens is 1. The second kappa shape index (κ2) is 7.15. The van der Waals surface area contributed by atoms with Gasteiger partial charge in [0.05, 0.1) is 17.4 Å². The van der Waals surface area contributed by atoms with E-state index in [1.165, 1.54) is 12.1 Å². The maximum Gasteiger partial charge on any atom is 0.272 e. The van der Waals surface area contributed by atoms with Gasteiger partial charge in [0.15, 0.2) is 0 Å². The molecule has 0 atom stereocenters. The summed E-state index contributed by atoms with van der Waals surface area (Å²) in [4.78, 5) is 20.5. The summed E-state index contributed by atoms with van der Waals surface area (Å²) < 4.78 is 15.8. The molecule has 2 aromatic carbocycles. The number of anilines is 1. The first kappa shape index (κ1) is 18.1. The summed E-state index contributed by atoms with van der Waals surface area (Å²) in [5.74, 6) is -0.601. The van der Waals surface area contributed by atoms with Gasteiger partial charge < -0.3 is 14.9 Å². The first-order chi connectivity index (χ1) is 14.6. The topological polar surface area (TPSA) is 62.7 Å². The van der Waals surface area contributed by atoms with Gasteiger partial charge in [0.1, 0.15) is 17.2 Å². The molecule has 2 N–H and O–H groups in total. The Balaban J connectivity index is 1.55. The molecule has 0 aliphatic carbocycles. The summed E-state index contributed by atoms with van der Waals surface area (Å²) in [7, 11) is 0. The van der Waals surface area contributed by atoms with Crippen molar-refractivity contribution in [2.75, 3.05) is 5.32 Å². The van der Waals surface area contributed by atoms with Crippen molar-refractivity contribution in [3.63, 3.8) is 0 Å². The third-order valence-electron chi connectivity index (χ3n) is 5.18. The molecule has 0 aliphatic rings. The molecule has 5 aromatic rings. The van der Waals surface area contributed by atoms with Crippen LogP contribution in [0.5, 0.6) is 0 Å². The van der Waals surface area contributed by atoms with Crippen LogP contribution >= 0.6 is 0 Å². The van der Waals surface area contributed by atoms with Crippen LogP contribution in [0.1, 0.15) is 21.6 Å². The number of rotatable bonds is 4. The monoisotopic (exact) mass is 398 g/mol. The lowest BCUT2D eigenvalue weighted by Gasteiger charge is -2.12. The zero-order valence-electron chi connectivity index (χ0n) is 16.3. The Kier molecular flexibility index (Phi) is 4.32. The molecule has 0 bridgehead atoms. The van der Waals surface area contributed by atoms with E-state index >= 15 is 0 Å². The number of aromatic nitrogens is 3. The van der Waals surface area contributed by atoms with Gasteiger partial charge in [-0.3, -0.25) is 4.79 Å². The summed E-state index contributed by atoms with van der Waals surface area (Å²) >= 11 is 0. The largest absolute Gasteiger partial charge is 0.346 e. The maximum atomic E-state index is 14.0. The molecule has 3 heterocycles. The number of H-pyrrole nitrogens is 1. The van der Waals surface area contributed by atoms with E-state index in [1.807, 2.05) is 41.8 Å². The number of carbonyl (C=O) groups excluding carboxylic acids is 1. The number of nitrogens with zero attached hydrogens (tertiary/aromatic N) is 2. The van der Waals surface area contributed by atoms with Gasteiger partial charge in [-0.2, -0.15) is 0 Å². The number of carbonyl (C=O) groups is 1. The average Bonchev–Trinajstić information content (AvgIpc) is 3.32. The van der Waals surface area contributed by atoms with Crippen LogP contribution in [0.4, 0.5) is 10.1 Å². The van der Waals surface area contributed by atoms with Crippen molar-refractivity contribution in [1.29, 1.82) is 0 Å². The predicted molar refractivity (Wildman–Crippen MR) is 116 cm³/mol. The van der Waals surface area contributed by atoms with E-state index in [0.717, 1.165) is 27.5 Å². The third kappa shape index (κ3) is 3.33. The van der Waals surface area contributed by atoms with Crippen molar-refractivity contribution in [3.05, 3.63) is 95.7 Å². The van der Waals surface area contributed by atoms with Crippen molar-refractivity contribution in [2.45, 2.75) is 13.5 Å². The lowest BCUT2D eigenvalue weighted by Crippen LogP contribution is -2.17. The maximum absolute atomic E-state index is 14.0. The van der Waals surface area contributed by atoms with Gasteiger partial charge in [-0.1, -0.05) is 29.8 Å². The van der Waals surface area contributed by atoms with E-state index in [4.69, 9.17) is 0 Å². The number of fused-ring (bicyclic) bond motifs is 2. The first-order valence-corrected chi connectivity index (χ1v) is 9.66. The summed E-state index contributed by atoms with van der Waals surface area (Å²) in [5.41, 5.74) is 4.68. The molecule has 0 aliphatic heterocycles. The Morgan fingerprint density at radius 1 is 1.10 bits per heavy atom. The number of hydrogen-bond donors (Lipinski definition) is 2. The normalized spacial score (nSPS) is 11.3. The van der Waals surface area contributed by atoms with Gasteiger partial charge in [-0.15, -0.1) is 0 Å². The molecule has 148 valence electrons. The Hall–Kier alpha value is -3.93. The van der Waals surface area contributed by atoms with E-state index in [9.17, 15) is 9.18 Å². The van der Waals surface area contributed by atoms with Crippen LogP contribution in [0, 0.1) is 12.7 Å². The molecule has 30 heavy (non-hydrogen) atoms. The molecule has 5 nitrogen and oxygen atoms in total. The highest BCUT2D eigenvalue weighted by atomic mass is 19.1. The lowest BCUT2D eigenvalue weighted by atomic mass is 10.1. The lowest BCUT2D eigenvalue weighted by molar-refractivity contribution is 0.101. The molecule has 0 saturated carbocycles. The van der Waals surface area contributed by atoms with Gasteiger partial charge in [-0.25, -0.2) is 9.37 Å². The van der Waals surface area contributed by atoms with Crippen LogP contribution in [-0.4, -0.2) is 20.4 Å². The molecule has 3 aromatic heterocycles. The highest BCUT2D eigenvalue weighted by molar-refractivity contribution is 6.07. The van der Waals surface area contributed by atoms with Gasteiger partial charge >= 0.3 is 0 Å². The molecule has 0 spiro atoms. The van der Waals surface area contributed by atoms with Gasteiger partial charge in [0, 0.05) is 23.5 Å². The quantitative estimate of drug-likeness (QED) is 0.433. The van der Waals surface area contributed by atoms with E-state index in [2.05, 4.69) is 21.4 Å². The van der Waals surface area contributed by atoms with E-state index in [1.54, 1.807) is 24.5 Å². The summed E-state index contributed by atoms with van der Waals surface area (Å²) in [6.45, 7) is 2.49. The molecule has 6 heteroatoms. The fourth-order valence-electron chi connectivity index (χ4n) is 3.78. The van der Waals surface area contributed by atoms with Crippen molar-refractivity contribution >= 4 is 33.5 Å². The van der Waals surface area contributed by atoms with Crippen LogP contribution in [0.15, 0.2) is 73.1 Å². The predicted octanol–water partition coefficient (Wildman–Crippen LogP) is 5.27. The minimum atomic E-state index is -0.333. The highest BCUT2D eigenvalue weighted by Gasteiger charge is 2.17. The standard InChI is InChI=1S/C24H19FN4O/c1-15-3-2-4-16(9-15)14-29-21-12-19(25)6-5-17(21)11-22(29)24(30)28-20-10-18-7-8-26-23(18)27-13-20/h2-13H,14H2,1H3,(H,26,27)(H,28,30). The second-order valence-corrected chi connectivity index (χ2v) is 7.40. The number of amides is 1. The summed E-state index contributed by atoms with van der Waals surface area (Å²) in [6, 6.07) is 18.2.